The van der Waals surface area contributed by atoms with E-state index in [9.17, 15) is 0 Å². The molecule has 0 amide bonds. The van der Waals surface area contributed by atoms with Gasteiger partial charge in [-0.1, -0.05) is 226 Å². The summed E-state index contributed by atoms with van der Waals surface area (Å²) in [4.78, 5) is 2.56. The average Bonchev–Trinajstić information content (AvgIpc) is 4.24. The van der Waals surface area contributed by atoms with Gasteiger partial charge in [0.05, 0.1) is 11.1 Å². The Hall–Kier alpha value is -9.24. The summed E-state index contributed by atoms with van der Waals surface area (Å²) in [5.74, 6) is 0.913. The predicted molar refractivity (Wildman–Crippen MR) is 311 cm³/mol. The molecule has 0 bridgehead atoms. The Morgan fingerprint density at radius 3 is 1.49 bits per heavy atom. The molecule has 1 spiro atoms. The van der Waals surface area contributed by atoms with Gasteiger partial charge in [0, 0.05) is 38.9 Å². The smallest absolute Gasteiger partial charge is 0.135 e. The molecule has 1 heterocycles. The minimum atomic E-state index is -0.438. The highest BCUT2D eigenvalue weighted by Gasteiger charge is 2.51. The van der Waals surface area contributed by atoms with Crippen molar-refractivity contribution in [1.29, 1.82) is 0 Å². The van der Waals surface area contributed by atoms with Crippen LogP contribution in [0.3, 0.4) is 0 Å². The van der Waals surface area contributed by atoms with Gasteiger partial charge in [-0.3, -0.25) is 0 Å². The summed E-state index contributed by atoms with van der Waals surface area (Å²) in [5.41, 5.74) is 26.6. The molecule has 2 nitrogen and oxygen atoms in total. The molecule has 0 aromatic heterocycles. The molecule has 0 unspecified atom stereocenters. The number of ether oxygens (including phenoxy) is 1. The first kappa shape index (κ1) is 42.3. The molecule has 0 fully saturated rings. The van der Waals surface area contributed by atoms with Crippen LogP contribution in [-0.2, 0) is 17.4 Å². The third-order valence-electron chi connectivity index (χ3n) is 17.4. The summed E-state index contributed by atoms with van der Waals surface area (Å²) in [6.45, 7) is 5.17. The van der Waals surface area contributed by atoms with Crippen LogP contribution in [0.5, 0.6) is 5.75 Å². The van der Waals surface area contributed by atoms with Crippen molar-refractivity contribution in [2.45, 2.75) is 31.3 Å². The Kier molecular flexibility index (Phi) is 8.82. The molecule has 0 atom stereocenters. The Balaban J connectivity index is 0.986. The van der Waals surface area contributed by atoms with Crippen LogP contribution in [0, 0.1) is 0 Å². The predicted octanol–water partition coefficient (Wildman–Crippen LogP) is 19.0. The number of hydrogen-bond acceptors (Lipinski definition) is 2. The molecule has 0 radical (unpaired) electrons. The van der Waals surface area contributed by atoms with Gasteiger partial charge < -0.3 is 9.64 Å². The van der Waals surface area contributed by atoms with Gasteiger partial charge in [0.1, 0.15) is 12.4 Å². The van der Waals surface area contributed by atoms with Crippen LogP contribution in [0.15, 0.2) is 249 Å². The van der Waals surface area contributed by atoms with E-state index in [4.69, 9.17) is 4.74 Å². The third kappa shape index (κ3) is 5.74. The fourth-order valence-electron chi connectivity index (χ4n) is 14.2. The molecule has 4 aliphatic rings. The molecule has 352 valence electrons. The fourth-order valence-corrected chi connectivity index (χ4v) is 14.2. The van der Waals surface area contributed by atoms with Crippen molar-refractivity contribution in [1.82, 2.24) is 0 Å². The molecule has 12 aromatic rings. The molecule has 75 heavy (non-hydrogen) atoms. The zero-order chi connectivity index (χ0) is 49.6. The normalized spacial score (nSPS) is 14.3. The first-order chi connectivity index (χ1) is 37.0. The van der Waals surface area contributed by atoms with Gasteiger partial charge in [-0.15, -0.1) is 0 Å². The largest absolute Gasteiger partial charge is 0.488 e. The fraction of sp³-hybridized carbons (Fsp3) is 0.0685. The van der Waals surface area contributed by atoms with Gasteiger partial charge >= 0.3 is 0 Å². The monoisotopic (exact) mass is 955 g/mol. The van der Waals surface area contributed by atoms with Crippen molar-refractivity contribution >= 4 is 38.6 Å². The number of nitrogens with zero attached hydrogens (tertiary/aromatic N) is 1. The molecule has 0 N–H and O–H groups in total. The van der Waals surface area contributed by atoms with Crippen LogP contribution >= 0.6 is 0 Å². The maximum absolute atomic E-state index is 7.25. The lowest BCUT2D eigenvalue weighted by Crippen LogP contribution is -2.25. The van der Waals surface area contributed by atoms with E-state index in [0.29, 0.717) is 6.61 Å². The average molecular weight is 956 g/mol. The first-order valence-electron chi connectivity index (χ1n) is 26.4. The molecule has 3 aliphatic carbocycles. The van der Waals surface area contributed by atoms with Crippen molar-refractivity contribution < 1.29 is 4.74 Å². The molecule has 1 aliphatic heterocycles. The minimum Gasteiger partial charge on any atom is -0.488 e. The minimum absolute atomic E-state index is 0.186. The van der Waals surface area contributed by atoms with Crippen molar-refractivity contribution in [2.75, 3.05) is 4.90 Å². The number of hydrogen-bond donors (Lipinski definition) is 0. The molecule has 12 aromatic carbocycles. The van der Waals surface area contributed by atoms with Crippen molar-refractivity contribution in [3.8, 4) is 72.5 Å². The lowest BCUT2D eigenvalue weighted by Gasteiger charge is -2.32. The van der Waals surface area contributed by atoms with E-state index in [0.717, 1.165) is 55.8 Å². The maximum Gasteiger partial charge on any atom is 0.135 e. The van der Waals surface area contributed by atoms with Gasteiger partial charge in [-0.2, -0.15) is 0 Å². The Labute approximate surface area is 437 Å². The van der Waals surface area contributed by atoms with Gasteiger partial charge in [0.25, 0.3) is 0 Å². The molecular weight excluding hydrogens is 907 g/mol. The van der Waals surface area contributed by atoms with Crippen LogP contribution in [0.25, 0.3) is 88.3 Å². The van der Waals surface area contributed by atoms with Crippen LogP contribution in [0.4, 0.5) is 17.1 Å². The highest BCUT2D eigenvalue weighted by Crippen LogP contribution is 2.64. The summed E-state index contributed by atoms with van der Waals surface area (Å²) >= 11 is 0. The van der Waals surface area contributed by atoms with Gasteiger partial charge in [0.2, 0.25) is 0 Å². The molecule has 2 heteroatoms. The maximum atomic E-state index is 7.25. The van der Waals surface area contributed by atoms with E-state index in [1.807, 2.05) is 0 Å². The van der Waals surface area contributed by atoms with Gasteiger partial charge in [-0.05, 0) is 142 Å². The van der Waals surface area contributed by atoms with Crippen LogP contribution in [0.2, 0.25) is 0 Å². The zero-order valence-corrected chi connectivity index (χ0v) is 41.7. The molecule has 0 saturated heterocycles. The van der Waals surface area contributed by atoms with Gasteiger partial charge in [0.15, 0.2) is 0 Å². The van der Waals surface area contributed by atoms with E-state index in [2.05, 4.69) is 267 Å². The standard InChI is InChI=1S/C73H49NO/c1-72(2)63-28-13-12-27-59(63)70-68(72)32-17-33-69(70)74(48-37-41-67-61(43-48)57-26-11-16-31-66(57)73(67)64-29-14-9-24-55(64)56-25-10-15-30-65(56)73)47-36-40-53-51-22-7-8-23-52(51)58-39-35-46-19-4-6-21-50(46)71(58)75-44-62-49-20-5-3-18-45(49)34-38-54(62)60(53)42-47/h3-43H,44H2,1-2H3. The summed E-state index contributed by atoms with van der Waals surface area (Å²) in [7, 11) is 0. The summed E-state index contributed by atoms with van der Waals surface area (Å²) in [6.07, 6.45) is 0. The van der Waals surface area contributed by atoms with E-state index in [1.54, 1.807) is 0 Å². The number of fused-ring (bicyclic) bond motifs is 24. The Morgan fingerprint density at radius 2 is 0.800 bits per heavy atom. The lowest BCUT2D eigenvalue weighted by atomic mass is 9.70. The number of anilines is 3. The number of rotatable bonds is 3. The second kappa shape index (κ2) is 15.6. The second-order valence-electron chi connectivity index (χ2n) is 21.4. The van der Waals surface area contributed by atoms with Crippen molar-refractivity contribution in [3.63, 3.8) is 0 Å². The second-order valence-corrected chi connectivity index (χ2v) is 21.4. The van der Waals surface area contributed by atoms with E-state index >= 15 is 0 Å². The van der Waals surface area contributed by atoms with E-state index < -0.39 is 5.41 Å². The lowest BCUT2D eigenvalue weighted by molar-refractivity contribution is 0.313. The van der Waals surface area contributed by atoms with Crippen LogP contribution in [-0.4, -0.2) is 0 Å². The highest BCUT2D eigenvalue weighted by molar-refractivity contribution is 6.05. The molecule has 0 saturated carbocycles. The quantitative estimate of drug-likeness (QED) is 0.175. The SMILES string of the molecule is CC1(C)c2ccccc2-c2c(N(c3ccc4c(c3)-c3ccc5ccccc5c3COc3c(ccc5ccccc35)-c3ccccc3-4)c3ccc4c(c3)-c3ccccc3C43c4ccccc4-c4ccccc43)cccc21. The Bertz CT molecular complexity index is 4380. The zero-order valence-electron chi connectivity index (χ0n) is 41.7. The van der Waals surface area contributed by atoms with Crippen molar-refractivity contribution in [3.05, 3.63) is 288 Å². The molecule has 16 rings (SSSR count). The number of benzene rings is 12. The third-order valence-corrected chi connectivity index (χ3v) is 17.4. The van der Waals surface area contributed by atoms with Crippen molar-refractivity contribution in [2.24, 2.45) is 0 Å². The van der Waals surface area contributed by atoms with E-state index in [-0.39, 0.29) is 5.41 Å². The summed E-state index contributed by atoms with van der Waals surface area (Å²) in [5, 5.41) is 4.66. The highest BCUT2D eigenvalue weighted by atomic mass is 16.5. The van der Waals surface area contributed by atoms with Crippen LogP contribution in [0.1, 0.15) is 52.8 Å². The summed E-state index contributed by atoms with van der Waals surface area (Å²) in [6, 6.07) is 93.3. The summed E-state index contributed by atoms with van der Waals surface area (Å²) < 4.78 is 7.25. The Morgan fingerprint density at radius 1 is 0.333 bits per heavy atom. The topological polar surface area (TPSA) is 12.5 Å². The molecular formula is C73H49NO. The van der Waals surface area contributed by atoms with E-state index in [1.165, 1.54) is 94.2 Å². The first-order valence-corrected chi connectivity index (χ1v) is 26.4. The van der Waals surface area contributed by atoms with Crippen LogP contribution < -0.4 is 9.64 Å². The van der Waals surface area contributed by atoms with Gasteiger partial charge in [-0.25, -0.2) is 0 Å².